The van der Waals surface area contributed by atoms with E-state index in [2.05, 4.69) is 9.97 Å². The van der Waals surface area contributed by atoms with Gasteiger partial charge in [-0.25, -0.2) is 18.2 Å². The number of carbonyl (C=O) groups is 1. The van der Waals surface area contributed by atoms with Gasteiger partial charge in [0.1, 0.15) is 28.5 Å². The maximum atomic E-state index is 14.0. The molecule has 0 unspecified atom stereocenters. The molecule has 30 heavy (non-hydrogen) atoms. The number of nitrogens with zero attached hydrogens (tertiary/aromatic N) is 3. The molecule has 1 aliphatic heterocycles. The van der Waals surface area contributed by atoms with Crippen molar-refractivity contribution in [2.24, 2.45) is 5.73 Å². The van der Waals surface area contributed by atoms with Crippen LogP contribution in [-0.4, -0.2) is 41.1 Å². The number of thiazole rings is 1. The largest absolute Gasteiger partial charge is 0.367 e. The topological polar surface area (TPSA) is 72.1 Å². The number of Topliss-reactive ketones (excluding diaryl/α,β-unsaturated/α-hetero) is 1. The van der Waals surface area contributed by atoms with E-state index in [0.717, 1.165) is 23.5 Å². The van der Waals surface area contributed by atoms with Crippen LogP contribution in [0.1, 0.15) is 22.5 Å². The third-order valence-corrected chi connectivity index (χ3v) is 5.83. The summed E-state index contributed by atoms with van der Waals surface area (Å²) in [5.41, 5.74) is 7.13. The summed E-state index contributed by atoms with van der Waals surface area (Å²) in [6.07, 6.45) is 2.39. The second-order valence-electron chi connectivity index (χ2n) is 7.24. The van der Waals surface area contributed by atoms with Crippen molar-refractivity contribution < 1.29 is 18.0 Å². The quantitative estimate of drug-likeness (QED) is 0.622. The van der Waals surface area contributed by atoms with E-state index in [1.54, 1.807) is 18.5 Å². The lowest BCUT2D eigenvalue weighted by Gasteiger charge is -2.35. The number of aromatic nitrogens is 2. The van der Waals surface area contributed by atoms with Crippen molar-refractivity contribution in [1.82, 2.24) is 9.97 Å². The maximum Gasteiger partial charge on any atom is 0.186 e. The van der Waals surface area contributed by atoms with E-state index in [1.165, 1.54) is 11.4 Å². The Morgan fingerprint density at radius 2 is 2.00 bits per heavy atom. The van der Waals surface area contributed by atoms with Crippen molar-refractivity contribution in [2.45, 2.75) is 25.1 Å². The van der Waals surface area contributed by atoms with E-state index in [1.807, 2.05) is 4.90 Å². The number of piperidine rings is 1. The van der Waals surface area contributed by atoms with Gasteiger partial charge in [-0.1, -0.05) is 6.07 Å². The Bertz CT molecular complexity index is 1040. The van der Waals surface area contributed by atoms with Crippen LogP contribution in [0.5, 0.6) is 0 Å². The smallest absolute Gasteiger partial charge is 0.186 e. The number of nitrogens with two attached hydrogens (primary N) is 1. The molecule has 0 saturated carbocycles. The third kappa shape index (κ3) is 4.22. The summed E-state index contributed by atoms with van der Waals surface area (Å²) in [5.74, 6) is -1.79. The number of rotatable bonds is 5. The lowest BCUT2D eigenvalue weighted by Crippen LogP contribution is -2.48. The summed E-state index contributed by atoms with van der Waals surface area (Å²) in [5, 5.41) is 1.58. The number of benzene rings is 1. The lowest BCUT2D eigenvalue weighted by atomic mass is 10.0. The minimum Gasteiger partial charge on any atom is -0.367 e. The predicted octanol–water partition coefficient (Wildman–Crippen LogP) is 3.78. The van der Waals surface area contributed by atoms with Crippen molar-refractivity contribution in [3.63, 3.8) is 0 Å². The first kappa shape index (κ1) is 20.5. The Labute approximate surface area is 175 Å². The van der Waals surface area contributed by atoms with Crippen LogP contribution in [0.15, 0.2) is 42.0 Å². The van der Waals surface area contributed by atoms with Gasteiger partial charge in [0.15, 0.2) is 5.78 Å². The number of hydrogen-bond acceptors (Lipinski definition) is 6. The summed E-state index contributed by atoms with van der Waals surface area (Å²) >= 11 is 0.999. The molecule has 0 radical (unpaired) electrons. The Morgan fingerprint density at radius 3 is 2.73 bits per heavy atom. The van der Waals surface area contributed by atoms with Crippen molar-refractivity contribution in [3.05, 3.63) is 64.9 Å². The van der Waals surface area contributed by atoms with Gasteiger partial charge in [0.25, 0.3) is 0 Å². The molecule has 156 valence electrons. The van der Waals surface area contributed by atoms with E-state index < -0.39 is 17.8 Å². The molecular weight excluding hydrogens is 413 g/mol. The highest BCUT2D eigenvalue weighted by Gasteiger charge is 2.27. The minimum atomic E-state index is -1.04. The molecule has 1 aromatic carbocycles. The van der Waals surface area contributed by atoms with E-state index in [-0.39, 0.29) is 41.1 Å². The normalized spacial score (nSPS) is 19.1. The summed E-state index contributed by atoms with van der Waals surface area (Å²) in [6, 6.07) is 5.00. The monoisotopic (exact) mass is 432 g/mol. The van der Waals surface area contributed by atoms with Crippen LogP contribution in [-0.2, 0) is 6.42 Å². The summed E-state index contributed by atoms with van der Waals surface area (Å²) in [6.45, 7) is 0.686. The summed E-state index contributed by atoms with van der Waals surface area (Å²) in [7, 11) is 0. The fourth-order valence-corrected chi connectivity index (χ4v) is 4.49. The van der Waals surface area contributed by atoms with Crippen molar-refractivity contribution >= 4 is 22.8 Å². The van der Waals surface area contributed by atoms with Crippen LogP contribution in [0.3, 0.4) is 0 Å². The number of anilines is 1. The zero-order valence-electron chi connectivity index (χ0n) is 15.9. The third-order valence-electron chi connectivity index (χ3n) is 4.97. The summed E-state index contributed by atoms with van der Waals surface area (Å²) < 4.78 is 42.0. The molecule has 1 fully saturated rings. The predicted molar refractivity (Wildman–Crippen MR) is 109 cm³/mol. The van der Waals surface area contributed by atoms with E-state index >= 15 is 0 Å². The van der Waals surface area contributed by atoms with Crippen molar-refractivity contribution in [2.75, 3.05) is 18.0 Å². The molecule has 2 atom stereocenters. The summed E-state index contributed by atoms with van der Waals surface area (Å²) in [4.78, 5) is 22.8. The van der Waals surface area contributed by atoms with Crippen LogP contribution in [0, 0.1) is 11.6 Å². The Hall–Kier alpha value is -2.78. The molecular formula is C21H19F3N4OS. The number of alkyl halides is 1. The molecule has 0 spiro atoms. The van der Waals surface area contributed by atoms with Gasteiger partial charge in [-0.2, -0.15) is 0 Å². The SMILES string of the molecule is N[C@H]1C[C@H](F)CN(c2ccncc2CC(=O)c2csc(-c3c(F)cccc3F)n2)C1. The van der Waals surface area contributed by atoms with E-state index in [9.17, 15) is 18.0 Å². The number of ketones is 1. The average molecular weight is 432 g/mol. The fraction of sp³-hybridized carbons (Fsp3) is 0.286. The molecule has 3 heterocycles. The fourth-order valence-electron chi connectivity index (χ4n) is 3.62. The van der Waals surface area contributed by atoms with Gasteiger partial charge >= 0.3 is 0 Å². The highest BCUT2D eigenvalue weighted by Crippen LogP contribution is 2.30. The maximum absolute atomic E-state index is 14.0. The highest BCUT2D eigenvalue weighted by molar-refractivity contribution is 7.13. The van der Waals surface area contributed by atoms with Gasteiger partial charge in [0, 0.05) is 54.6 Å². The number of halogens is 3. The van der Waals surface area contributed by atoms with Crippen LogP contribution < -0.4 is 10.6 Å². The van der Waals surface area contributed by atoms with Gasteiger partial charge in [-0.05, 0) is 24.6 Å². The Balaban J connectivity index is 1.57. The van der Waals surface area contributed by atoms with E-state index in [0.29, 0.717) is 24.2 Å². The van der Waals surface area contributed by atoms with Crippen LogP contribution >= 0.6 is 11.3 Å². The molecule has 3 aromatic rings. The van der Waals surface area contributed by atoms with Gasteiger partial charge in [-0.3, -0.25) is 9.78 Å². The first-order valence-electron chi connectivity index (χ1n) is 9.43. The van der Waals surface area contributed by atoms with Crippen molar-refractivity contribution in [3.8, 4) is 10.6 Å². The van der Waals surface area contributed by atoms with Crippen LogP contribution in [0.2, 0.25) is 0 Å². The van der Waals surface area contributed by atoms with Crippen LogP contribution in [0.25, 0.3) is 10.6 Å². The van der Waals surface area contributed by atoms with E-state index in [4.69, 9.17) is 5.73 Å². The molecule has 9 heteroatoms. The van der Waals surface area contributed by atoms with Gasteiger partial charge in [0.2, 0.25) is 0 Å². The second kappa shape index (κ2) is 8.53. The molecule has 1 saturated heterocycles. The molecule has 2 aromatic heterocycles. The molecule has 2 N–H and O–H groups in total. The zero-order valence-corrected chi connectivity index (χ0v) is 16.7. The highest BCUT2D eigenvalue weighted by atomic mass is 32.1. The molecule has 5 nitrogen and oxygen atoms in total. The standard InChI is InChI=1S/C21H19F3N4OS/c22-13-7-14(25)10-28(9-13)18-4-5-26-8-12(18)6-19(29)17-11-30-21(27-17)20-15(23)2-1-3-16(20)24/h1-5,8,11,13-14H,6-7,9-10,25H2/t13-,14-/m0/s1. The molecule has 1 aliphatic rings. The number of carbonyl (C=O) groups excluding carboxylic acids is 1. The Kier molecular flexibility index (Phi) is 5.83. The number of hydrogen-bond donors (Lipinski definition) is 1. The Morgan fingerprint density at radius 1 is 1.23 bits per heavy atom. The number of pyridine rings is 1. The molecule has 0 aliphatic carbocycles. The van der Waals surface area contributed by atoms with Gasteiger partial charge in [-0.15, -0.1) is 11.3 Å². The first-order valence-corrected chi connectivity index (χ1v) is 10.3. The van der Waals surface area contributed by atoms with Gasteiger partial charge < -0.3 is 10.6 Å². The van der Waals surface area contributed by atoms with Crippen molar-refractivity contribution in [1.29, 1.82) is 0 Å². The second-order valence-corrected chi connectivity index (χ2v) is 8.10. The van der Waals surface area contributed by atoms with Crippen LogP contribution in [0.4, 0.5) is 18.9 Å². The molecule has 0 amide bonds. The minimum absolute atomic E-state index is 0.0191. The molecule has 4 rings (SSSR count). The lowest BCUT2D eigenvalue weighted by molar-refractivity contribution is 0.0989. The first-order chi connectivity index (χ1) is 14.4. The zero-order chi connectivity index (χ0) is 21.3. The van der Waals surface area contributed by atoms with Gasteiger partial charge in [0.05, 0.1) is 5.56 Å². The molecule has 0 bridgehead atoms. The average Bonchev–Trinajstić information content (AvgIpc) is 3.17.